The van der Waals surface area contributed by atoms with Gasteiger partial charge in [-0.1, -0.05) is 11.6 Å². The Kier molecular flexibility index (Phi) is 8.50. The maximum atomic E-state index is 12.7. The van der Waals surface area contributed by atoms with Gasteiger partial charge in [-0.15, -0.1) is 0 Å². The van der Waals surface area contributed by atoms with E-state index in [4.69, 9.17) is 25.8 Å². The zero-order chi connectivity index (χ0) is 22.4. The lowest BCUT2D eigenvalue weighted by Gasteiger charge is -2.24. The minimum absolute atomic E-state index is 0.000370. The molecule has 1 N–H and O–H groups in total. The van der Waals surface area contributed by atoms with Gasteiger partial charge in [-0.25, -0.2) is 9.59 Å². The van der Waals surface area contributed by atoms with E-state index in [1.165, 1.54) is 0 Å². The van der Waals surface area contributed by atoms with Crippen LogP contribution in [0, 0.1) is 6.92 Å². The Balaban J connectivity index is 2.88. The number of aryl methyl sites for hydroxylation is 1. The summed E-state index contributed by atoms with van der Waals surface area (Å²) in [5.74, 6) is -0.888. The van der Waals surface area contributed by atoms with E-state index in [1.54, 1.807) is 66.7 Å². The molecule has 7 nitrogen and oxygen atoms in total. The summed E-state index contributed by atoms with van der Waals surface area (Å²) in [5.41, 5.74) is -0.725. The molecule has 8 heteroatoms. The molecule has 0 aliphatic heterocycles. The first-order valence-corrected chi connectivity index (χ1v) is 9.73. The molecule has 0 aliphatic carbocycles. The number of nitrogens with one attached hydrogen (secondary N) is 1. The van der Waals surface area contributed by atoms with Crippen LogP contribution in [0.1, 0.15) is 59.9 Å². The summed E-state index contributed by atoms with van der Waals surface area (Å²) in [6.45, 7) is 12.1. The highest BCUT2D eigenvalue weighted by Gasteiger charge is 2.28. The van der Waals surface area contributed by atoms with Gasteiger partial charge in [0.15, 0.2) is 0 Å². The van der Waals surface area contributed by atoms with Crippen molar-refractivity contribution in [3.05, 3.63) is 28.8 Å². The predicted molar refractivity (Wildman–Crippen MR) is 110 cm³/mol. The van der Waals surface area contributed by atoms with E-state index in [-0.39, 0.29) is 12.8 Å². The Morgan fingerprint density at radius 1 is 1.03 bits per heavy atom. The van der Waals surface area contributed by atoms with Crippen LogP contribution < -0.4 is 10.1 Å². The number of rotatable bonds is 6. The third-order valence-corrected chi connectivity index (χ3v) is 3.62. The molecule has 0 aliphatic rings. The SMILES string of the molecule is Cc1cc(Cl)ccc1OC(=O)[C@H](CCC(=O)OC(C)(C)C)NC(=O)OC(C)(C)C. The van der Waals surface area contributed by atoms with E-state index in [0.717, 1.165) is 0 Å². The fraction of sp³-hybridized carbons (Fsp3) is 0.571. The molecule has 1 rings (SSSR count). The largest absolute Gasteiger partial charge is 0.460 e. The van der Waals surface area contributed by atoms with Crippen molar-refractivity contribution in [2.24, 2.45) is 0 Å². The summed E-state index contributed by atoms with van der Waals surface area (Å²) >= 11 is 5.92. The summed E-state index contributed by atoms with van der Waals surface area (Å²) in [4.78, 5) is 36.8. The lowest BCUT2D eigenvalue weighted by Crippen LogP contribution is -2.45. The smallest absolute Gasteiger partial charge is 0.408 e. The number of esters is 2. The first kappa shape index (κ1) is 24.8. The lowest BCUT2D eigenvalue weighted by molar-refractivity contribution is -0.155. The van der Waals surface area contributed by atoms with Crippen LogP contribution in [0.2, 0.25) is 5.02 Å². The van der Waals surface area contributed by atoms with Gasteiger partial charge in [0, 0.05) is 11.4 Å². The predicted octanol–water partition coefficient (Wildman–Crippen LogP) is 4.57. The summed E-state index contributed by atoms with van der Waals surface area (Å²) < 4.78 is 15.9. The molecule has 1 aromatic rings. The lowest BCUT2D eigenvalue weighted by atomic mass is 10.1. The van der Waals surface area contributed by atoms with Gasteiger partial charge in [-0.05, 0) is 78.6 Å². The molecule has 0 heterocycles. The molecule has 0 saturated heterocycles. The average Bonchev–Trinajstić information content (AvgIpc) is 2.50. The standard InChI is InChI=1S/C21H30ClNO6/c1-13-12-14(22)8-10-16(13)27-18(25)15(23-19(26)29-21(5,6)7)9-11-17(24)28-20(2,3)4/h8,10,12,15H,9,11H2,1-7H3,(H,23,26)/t15-/m0/s1. The van der Waals surface area contributed by atoms with Gasteiger partial charge in [-0.2, -0.15) is 0 Å². The van der Waals surface area contributed by atoms with Crippen molar-refractivity contribution in [3.63, 3.8) is 0 Å². The Bertz CT molecular complexity index is 749. The molecule has 0 spiro atoms. The van der Waals surface area contributed by atoms with Gasteiger partial charge in [0.25, 0.3) is 0 Å². The van der Waals surface area contributed by atoms with E-state index in [0.29, 0.717) is 16.3 Å². The Labute approximate surface area is 177 Å². The van der Waals surface area contributed by atoms with Crippen molar-refractivity contribution in [2.75, 3.05) is 0 Å². The number of ether oxygens (including phenoxy) is 3. The van der Waals surface area contributed by atoms with E-state index in [9.17, 15) is 14.4 Å². The number of carbonyl (C=O) groups excluding carboxylic acids is 3. The summed E-state index contributed by atoms with van der Waals surface area (Å²) in [7, 11) is 0. The van der Waals surface area contributed by atoms with Crippen LogP contribution in [0.15, 0.2) is 18.2 Å². The van der Waals surface area contributed by atoms with Crippen molar-refractivity contribution in [2.45, 2.75) is 78.6 Å². The van der Waals surface area contributed by atoms with Crippen molar-refractivity contribution in [1.29, 1.82) is 0 Å². The highest BCUT2D eigenvalue weighted by Crippen LogP contribution is 2.22. The second-order valence-corrected chi connectivity index (χ2v) is 9.09. The molecule has 0 saturated carbocycles. The summed E-state index contributed by atoms with van der Waals surface area (Å²) in [5, 5.41) is 2.98. The highest BCUT2D eigenvalue weighted by atomic mass is 35.5. The molecule has 0 fully saturated rings. The normalized spacial score (nSPS) is 12.7. The van der Waals surface area contributed by atoms with Crippen LogP contribution in [0.3, 0.4) is 0 Å². The fourth-order valence-electron chi connectivity index (χ4n) is 2.26. The summed E-state index contributed by atoms with van der Waals surface area (Å²) in [6.07, 6.45) is -0.858. The van der Waals surface area contributed by atoms with Gasteiger partial charge < -0.3 is 19.5 Å². The molecule has 0 unspecified atom stereocenters. The number of hydrogen-bond donors (Lipinski definition) is 1. The van der Waals surface area contributed by atoms with E-state index in [1.807, 2.05) is 0 Å². The van der Waals surface area contributed by atoms with Gasteiger partial charge in [0.2, 0.25) is 0 Å². The first-order chi connectivity index (χ1) is 13.2. The van der Waals surface area contributed by atoms with Crippen molar-refractivity contribution < 1.29 is 28.6 Å². The summed E-state index contributed by atoms with van der Waals surface area (Å²) in [6, 6.07) is 3.72. The molecule has 1 atom stereocenters. The van der Waals surface area contributed by atoms with Crippen molar-refractivity contribution in [1.82, 2.24) is 5.32 Å². The van der Waals surface area contributed by atoms with Crippen molar-refractivity contribution >= 4 is 29.6 Å². The minimum Gasteiger partial charge on any atom is -0.460 e. The van der Waals surface area contributed by atoms with Crippen LogP contribution in [0.25, 0.3) is 0 Å². The van der Waals surface area contributed by atoms with E-state index >= 15 is 0 Å². The van der Waals surface area contributed by atoms with Gasteiger partial charge in [0.05, 0.1) is 0 Å². The molecule has 1 aromatic carbocycles. The fourth-order valence-corrected chi connectivity index (χ4v) is 2.49. The van der Waals surface area contributed by atoms with Crippen LogP contribution >= 0.6 is 11.6 Å². The van der Waals surface area contributed by atoms with Crippen molar-refractivity contribution in [3.8, 4) is 5.75 Å². The van der Waals surface area contributed by atoms with Crippen LogP contribution in [-0.4, -0.2) is 35.3 Å². The van der Waals surface area contributed by atoms with Crippen LogP contribution in [-0.2, 0) is 19.1 Å². The number of alkyl carbamates (subject to hydrolysis) is 1. The molecule has 0 radical (unpaired) electrons. The zero-order valence-electron chi connectivity index (χ0n) is 18.1. The van der Waals surface area contributed by atoms with E-state index in [2.05, 4.69) is 5.32 Å². The Morgan fingerprint density at radius 3 is 2.14 bits per heavy atom. The molecule has 29 heavy (non-hydrogen) atoms. The average molecular weight is 428 g/mol. The number of amides is 1. The number of halogens is 1. The van der Waals surface area contributed by atoms with Crippen LogP contribution in [0.4, 0.5) is 4.79 Å². The Hall–Kier alpha value is -2.28. The quantitative estimate of drug-likeness (QED) is 0.528. The maximum Gasteiger partial charge on any atom is 0.408 e. The maximum absolute atomic E-state index is 12.7. The third kappa shape index (κ3) is 10.2. The third-order valence-electron chi connectivity index (χ3n) is 3.38. The molecule has 0 aromatic heterocycles. The molecule has 162 valence electrons. The second kappa shape index (κ2) is 9.96. The van der Waals surface area contributed by atoms with Crippen LogP contribution in [0.5, 0.6) is 5.75 Å². The topological polar surface area (TPSA) is 90.9 Å². The molecule has 1 amide bonds. The molecular formula is C21H30ClNO6. The number of hydrogen-bond acceptors (Lipinski definition) is 6. The monoisotopic (exact) mass is 427 g/mol. The highest BCUT2D eigenvalue weighted by molar-refractivity contribution is 6.30. The van der Waals surface area contributed by atoms with Gasteiger partial charge >= 0.3 is 18.0 Å². The van der Waals surface area contributed by atoms with Gasteiger partial charge in [0.1, 0.15) is 23.0 Å². The number of benzene rings is 1. The zero-order valence-corrected chi connectivity index (χ0v) is 18.8. The number of carbonyl (C=O) groups is 3. The second-order valence-electron chi connectivity index (χ2n) is 8.65. The minimum atomic E-state index is -1.09. The molecular weight excluding hydrogens is 398 g/mol. The first-order valence-electron chi connectivity index (χ1n) is 9.35. The molecule has 0 bridgehead atoms. The van der Waals surface area contributed by atoms with E-state index < -0.39 is 35.3 Å². The van der Waals surface area contributed by atoms with Gasteiger partial charge in [-0.3, -0.25) is 4.79 Å². The Morgan fingerprint density at radius 2 is 1.62 bits per heavy atom.